The Morgan fingerprint density at radius 2 is 1.46 bits per heavy atom. The highest BCUT2D eigenvalue weighted by Gasteiger charge is 2.37. The lowest BCUT2D eigenvalue weighted by Gasteiger charge is -2.17. The maximum absolute atomic E-state index is 13.1. The first-order valence-corrected chi connectivity index (χ1v) is 6.63. The van der Waals surface area contributed by atoms with Crippen molar-refractivity contribution in [3.05, 3.63) is 53.6 Å². The minimum atomic E-state index is -5.05. The average Bonchev–Trinajstić information content (AvgIpc) is 2.44. The highest BCUT2D eigenvalue weighted by molar-refractivity contribution is 6.68. The maximum Gasteiger partial charge on any atom is 0.573 e. The first-order valence-electron chi connectivity index (χ1n) is 6.26. The number of hydrogen-bond donors (Lipinski definition) is 0. The minimum absolute atomic E-state index is 0.343. The summed E-state index contributed by atoms with van der Waals surface area (Å²) >= 11 is 5.25. The molecule has 2 nitrogen and oxygen atoms in total. The van der Waals surface area contributed by atoms with Gasteiger partial charge in [-0.2, -0.15) is 13.2 Å². The fraction of sp³-hybridized carbons (Fsp3) is 0.133. The molecule has 2 rings (SSSR count). The van der Waals surface area contributed by atoms with Crippen LogP contribution in [0.3, 0.4) is 0 Å². The van der Waals surface area contributed by atoms with Crippen LogP contribution in [0.4, 0.5) is 26.3 Å². The third-order valence-corrected chi connectivity index (χ3v) is 3.16. The molecule has 0 amide bonds. The first-order chi connectivity index (χ1) is 11.0. The van der Waals surface area contributed by atoms with Crippen LogP contribution in [-0.4, -0.2) is 11.6 Å². The maximum atomic E-state index is 13.1. The molecule has 0 aliphatic rings. The van der Waals surface area contributed by atoms with Crippen molar-refractivity contribution in [1.29, 1.82) is 0 Å². The minimum Gasteiger partial charge on any atom is -0.405 e. The van der Waals surface area contributed by atoms with Crippen molar-refractivity contribution in [3.8, 4) is 16.9 Å². The van der Waals surface area contributed by atoms with Crippen LogP contribution in [0.2, 0.25) is 0 Å². The molecule has 0 spiro atoms. The molecular formula is C15H7ClF6O2. The Bertz CT molecular complexity index is 767. The van der Waals surface area contributed by atoms with Gasteiger partial charge >= 0.3 is 12.5 Å². The largest absolute Gasteiger partial charge is 0.573 e. The summed E-state index contributed by atoms with van der Waals surface area (Å²) in [6.45, 7) is 0. The zero-order chi connectivity index (χ0) is 18.1. The summed E-state index contributed by atoms with van der Waals surface area (Å²) in [4.78, 5) is 11.5. The van der Waals surface area contributed by atoms with Gasteiger partial charge in [-0.15, -0.1) is 13.2 Å². The molecule has 0 fully saturated rings. The normalized spacial score (nSPS) is 12.1. The monoisotopic (exact) mass is 368 g/mol. The Morgan fingerprint density at radius 1 is 0.875 bits per heavy atom. The van der Waals surface area contributed by atoms with Crippen molar-refractivity contribution < 1.29 is 35.9 Å². The zero-order valence-electron chi connectivity index (χ0n) is 11.5. The molecule has 0 aromatic heterocycles. The molecule has 2 aromatic carbocycles. The molecule has 0 radical (unpaired) electrons. The first kappa shape index (κ1) is 18.1. The van der Waals surface area contributed by atoms with Crippen LogP contribution in [0.1, 0.15) is 15.9 Å². The molecule has 0 saturated heterocycles. The van der Waals surface area contributed by atoms with Crippen molar-refractivity contribution in [1.82, 2.24) is 0 Å². The van der Waals surface area contributed by atoms with Crippen molar-refractivity contribution in [2.45, 2.75) is 12.5 Å². The van der Waals surface area contributed by atoms with Crippen LogP contribution in [0, 0.1) is 0 Å². The zero-order valence-corrected chi connectivity index (χ0v) is 12.3. The molecule has 0 heterocycles. The number of carbonyl (C=O) groups excluding carboxylic acids is 1. The Labute approximate surface area is 136 Å². The number of halogens is 7. The molecule has 0 saturated carbocycles. The standard InChI is InChI=1S/C15H7ClF6O2/c16-13(23)12-9(5-3-6-10(12)14(17,18)19)8-4-1-2-7-11(8)24-15(20,21)22/h1-7H. The van der Waals surface area contributed by atoms with E-state index in [1.807, 2.05) is 0 Å². The van der Waals surface area contributed by atoms with Crippen molar-refractivity contribution in [3.63, 3.8) is 0 Å². The van der Waals surface area contributed by atoms with E-state index < -0.39 is 40.2 Å². The van der Waals surface area contributed by atoms with E-state index in [1.54, 1.807) is 0 Å². The van der Waals surface area contributed by atoms with Crippen LogP contribution in [-0.2, 0) is 6.18 Å². The number of ether oxygens (including phenoxy) is 1. The number of hydrogen-bond acceptors (Lipinski definition) is 2. The molecule has 0 unspecified atom stereocenters. The summed E-state index contributed by atoms with van der Waals surface area (Å²) in [5.41, 5.74) is -3.04. The van der Waals surface area contributed by atoms with Gasteiger partial charge in [0.1, 0.15) is 5.75 Å². The highest BCUT2D eigenvalue weighted by Crippen LogP contribution is 2.41. The van der Waals surface area contributed by atoms with Gasteiger partial charge in [0.15, 0.2) is 0 Å². The molecule has 0 aliphatic carbocycles. The summed E-state index contributed by atoms with van der Waals surface area (Å²) in [5, 5.41) is -1.44. The quantitative estimate of drug-likeness (QED) is 0.517. The summed E-state index contributed by atoms with van der Waals surface area (Å²) in [6.07, 6.45) is -9.96. The highest BCUT2D eigenvalue weighted by atomic mass is 35.5. The van der Waals surface area contributed by atoms with E-state index in [2.05, 4.69) is 4.74 Å². The molecular weight excluding hydrogens is 362 g/mol. The summed E-state index contributed by atoms with van der Waals surface area (Å²) < 4.78 is 80.4. The van der Waals surface area contributed by atoms with Crippen LogP contribution in [0.25, 0.3) is 11.1 Å². The number of rotatable bonds is 3. The Hall–Kier alpha value is -2.22. The molecule has 24 heavy (non-hydrogen) atoms. The topological polar surface area (TPSA) is 26.3 Å². The van der Waals surface area contributed by atoms with Gasteiger partial charge in [-0.1, -0.05) is 30.3 Å². The van der Waals surface area contributed by atoms with E-state index in [-0.39, 0.29) is 5.56 Å². The third-order valence-electron chi connectivity index (χ3n) is 2.97. The SMILES string of the molecule is O=C(Cl)c1c(-c2ccccc2OC(F)(F)F)cccc1C(F)(F)F. The summed E-state index contributed by atoms with van der Waals surface area (Å²) in [6, 6.07) is 7.16. The molecule has 0 atom stereocenters. The van der Waals surface area contributed by atoms with E-state index in [4.69, 9.17) is 11.6 Å². The molecule has 2 aromatic rings. The van der Waals surface area contributed by atoms with Gasteiger partial charge in [0.05, 0.1) is 11.1 Å². The summed E-state index contributed by atoms with van der Waals surface area (Å²) in [7, 11) is 0. The van der Waals surface area contributed by atoms with Gasteiger partial charge in [0.2, 0.25) is 0 Å². The van der Waals surface area contributed by atoms with E-state index in [0.29, 0.717) is 6.07 Å². The van der Waals surface area contributed by atoms with Crippen LogP contribution >= 0.6 is 11.6 Å². The van der Waals surface area contributed by atoms with Crippen LogP contribution < -0.4 is 4.74 Å². The molecule has 128 valence electrons. The molecule has 0 N–H and O–H groups in total. The molecule has 0 bridgehead atoms. The van der Waals surface area contributed by atoms with Gasteiger partial charge in [-0.3, -0.25) is 4.79 Å². The Balaban J connectivity index is 2.73. The van der Waals surface area contributed by atoms with Gasteiger partial charge in [-0.25, -0.2) is 0 Å². The molecule has 0 aliphatic heterocycles. The lowest BCUT2D eigenvalue weighted by molar-refractivity contribution is -0.274. The van der Waals surface area contributed by atoms with Gasteiger partial charge in [-0.05, 0) is 29.3 Å². The third kappa shape index (κ3) is 4.00. The second-order valence-corrected chi connectivity index (χ2v) is 4.89. The number of para-hydroxylation sites is 1. The van der Waals surface area contributed by atoms with Crippen molar-refractivity contribution in [2.75, 3.05) is 0 Å². The van der Waals surface area contributed by atoms with E-state index in [9.17, 15) is 31.1 Å². The predicted octanol–water partition coefficient (Wildman–Crippen LogP) is 5.65. The van der Waals surface area contributed by atoms with E-state index in [0.717, 1.165) is 24.3 Å². The van der Waals surface area contributed by atoms with E-state index in [1.165, 1.54) is 12.1 Å². The lowest BCUT2D eigenvalue weighted by atomic mass is 9.95. The van der Waals surface area contributed by atoms with Crippen LogP contribution in [0.5, 0.6) is 5.75 Å². The fourth-order valence-electron chi connectivity index (χ4n) is 2.13. The van der Waals surface area contributed by atoms with Gasteiger partial charge in [0.25, 0.3) is 5.24 Å². The predicted molar refractivity (Wildman–Crippen MR) is 73.7 cm³/mol. The Kier molecular flexibility index (Phi) is 4.80. The van der Waals surface area contributed by atoms with Gasteiger partial charge in [0, 0.05) is 5.56 Å². The molecule has 9 heteroatoms. The lowest BCUT2D eigenvalue weighted by Crippen LogP contribution is -2.18. The van der Waals surface area contributed by atoms with E-state index >= 15 is 0 Å². The number of carbonyl (C=O) groups is 1. The number of benzene rings is 2. The van der Waals surface area contributed by atoms with Crippen molar-refractivity contribution in [2.24, 2.45) is 0 Å². The van der Waals surface area contributed by atoms with Crippen molar-refractivity contribution >= 4 is 16.8 Å². The second kappa shape index (κ2) is 6.35. The summed E-state index contributed by atoms with van der Waals surface area (Å²) in [5.74, 6) is -0.747. The Morgan fingerprint density at radius 3 is 2.00 bits per heavy atom. The van der Waals surface area contributed by atoms with Gasteiger partial charge < -0.3 is 4.74 Å². The second-order valence-electron chi connectivity index (χ2n) is 4.54. The fourth-order valence-corrected chi connectivity index (χ4v) is 2.33. The average molecular weight is 369 g/mol. The van der Waals surface area contributed by atoms with Crippen LogP contribution in [0.15, 0.2) is 42.5 Å². The smallest absolute Gasteiger partial charge is 0.405 e. The number of alkyl halides is 6.